The number of rotatable bonds is 7. The van der Waals surface area contributed by atoms with Crippen LogP contribution in [0.2, 0.25) is 0 Å². The quantitative estimate of drug-likeness (QED) is 0.790. The van der Waals surface area contributed by atoms with Gasteiger partial charge in [-0.1, -0.05) is 0 Å². The van der Waals surface area contributed by atoms with Gasteiger partial charge < -0.3 is 9.15 Å². The van der Waals surface area contributed by atoms with E-state index in [1.807, 2.05) is 19.1 Å². The summed E-state index contributed by atoms with van der Waals surface area (Å²) in [6.07, 6.45) is 2.95. The number of halogens is 1. The van der Waals surface area contributed by atoms with Crippen molar-refractivity contribution >= 4 is 26.0 Å². The van der Waals surface area contributed by atoms with Crippen LogP contribution in [-0.4, -0.2) is 21.6 Å². The Morgan fingerprint density at radius 2 is 2.14 bits per heavy atom. The second-order valence-electron chi connectivity index (χ2n) is 4.94. The van der Waals surface area contributed by atoms with Crippen molar-refractivity contribution in [3.8, 4) is 5.75 Å². The molecule has 0 bridgehead atoms. The molecule has 120 valence electrons. The van der Waals surface area contributed by atoms with Gasteiger partial charge in [-0.2, -0.15) is 0 Å². The van der Waals surface area contributed by atoms with Crippen LogP contribution in [-0.2, 0) is 16.4 Å². The summed E-state index contributed by atoms with van der Waals surface area (Å²) in [5.74, 6) is 1.43. The number of hydrogen-bond acceptors (Lipinski definition) is 4. The maximum absolute atomic E-state index is 12.4. The smallest absolute Gasteiger partial charge is 0.240 e. The maximum atomic E-state index is 12.4. The van der Waals surface area contributed by atoms with Crippen molar-refractivity contribution in [3.63, 3.8) is 0 Å². The van der Waals surface area contributed by atoms with Crippen LogP contribution in [0.1, 0.15) is 19.1 Å². The lowest BCUT2D eigenvalue weighted by atomic mass is 10.2. The SMILES string of the molecule is COc1ccc(S(=O)(=O)N[C@@H](C)CCc2ccco2)cc1Br. The topological polar surface area (TPSA) is 68.5 Å². The molecule has 1 N–H and O–H groups in total. The van der Waals surface area contributed by atoms with Crippen molar-refractivity contribution < 1.29 is 17.6 Å². The Morgan fingerprint density at radius 1 is 1.36 bits per heavy atom. The molecule has 0 amide bonds. The Bertz CT molecular complexity index is 713. The highest BCUT2D eigenvalue weighted by atomic mass is 79.9. The summed E-state index contributed by atoms with van der Waals surface area (Å²) in [6, 6.07) is 8.16. The summed E-state index contributed by atoms with van der Waals surface area (Å²) < 4.78 is 38.3. The van der Waals surface area contributed by atoms with Crippen LogP contribution in [0.5, 0.6) is 5.75 Å². The lowest BCUT2D eigenvalue weighted by Gasteiger charge is -2.14. The van der Waals surface area contributed by atoms with E-state index in [2.05, 4.69) is 20.7 Å². The lowest BCUT2D eigenvalue weighted by Crippen LogP contribution is -2.32. The van der Waals surface area contributed by atoms with E-state index in [4.69, 9.17) is 9.15 Å². The highest BCUT2D eigenvalue weighted by molar-refractivity contribution is 9.10. The molecule has 0 aliphatic carbocycles. The van der Waals surface area contributed by atoms with Gasteiger partial charge in [-0.15, -0.1) is 0 Å². The van der Waals surface area contributed by atoms with E-state index in [9.17, 15) is 8.42 Å². The third-order valence-electron chi connectivity index (χ3n) is 3.19. The van der Waals surface area contributed by atoms with Gasteiger partial charge in [-0.3, -0.25) is 0 Å². The van der Waals surface area contributed by atoms with Gasteiger partial charge in [0, 0.05) is 12.5 Å². The molecule has 0 fully saturated rings. The summed E-state index contributed by atoms with van der Waals surface area (Å²) in [5.41, 5.74) is 0. The molecule has 1 atom stereocenters. The molecular weight excluding hydrogens is 370 g/mol. The largest absolute Gasteiger partial charge is 0.496 e. The van der Waals surface area contributed by atoms with E-state index < -0.39 is 10.0 Å². The molecule has 1 heterocycles. The van der Waals surface area contributed by atoms with Crippen LogP contribution in [0.4, 0.5) is 0 Å². The van der Waals surface area contributed by atoms with Gasteiger partial charge in [0.2, 0.25) is 10.0 Å². The highest BCUT2D eigenvalue weighted by Crippen LogP contribution is 2.27. The van der Waals surface area contributed by atoms with Gasteiger partial charge in [-0.25, -0.2) is 13.1 Å². The van der Waals surface area contributed by atoms with Gasteiger partial charge >= 0.3 is 0 Å². The van der Waals surface area contributed by atoms with Crippen LogP contribution in [0.25, 0.3) is 0 Å². The molecule has 0 spiro atoms. The van der Waals surface area contributed by atoms with Crippen molar-refractivity contribution in [1.29, 1.82) is 0 Å². The van der Waals surface area contributed by atoms with Gasteiger partial charge in [0.15, 0.2) is 0 Å². The number of aryl methyl sites for hydroxylation is 1. The second kappa shape index (κ2) is 7.30. The van der Waals surface area contributed by atoms with Crippen molar-refractivity contribution in [2.45, 2.75) is 30.7 Å². The second-order valence-corrected chi connectivity index (χ2v) is 7.51. The molecular formula is C15H18BrNO4S. The zero-order valence-corrected chi connectivity index (χ0v) is 14.8. The maximum Gasteiger partial charge on any atom is 0.240 e. The van der Waals surface area contributed by atoms with Crippen LogP contribution >= 0.6 is 15.9 Å². The van der Waals surface area contributed by atoms with Crippen molar-refractivity contribution in [2.24, 2.45) is 0 Å². The van der Waals surface area contributed by atoms with Gasteiger partial charge in [0.25, 0.3) is 0 Å². The number of furan rings is 1. The third kappa shape index (κ3) is 4.34. The first-order chi connectivity index (χ1) is 10.4. The fourth-order valence-corrected chi connectivity index (χ4v) is 4.02. The Balaban J connectivity index is 2.02. The van der Waals surface area contributed by atoms with Crippen LogP contribution in [0.3, 0.4) is 0 Å². The van der Waals surface area contributed by atoms with Gasteiger partial charge in [-0.05, 0) is 59.6 Å². The summed E-state index contributed by atoms with van der Waals surface area (Å²) in [6.45, 7) is 1.83. The Labute approximate surface area is 138 Å². The minimum absolute atomic E-state index is 0.198. The summed E-state index contributed by atoms with van der Waals surface area (Å²) in [7, 11) is -2.03. The van der Waals surface area contributed by atoms with E-state index in [0.717, 1.165) is 5.76 Å². The first-order valence-corrected chi connectivity index (χ1v) is 9.08. The zero-order valence-electron chi connectivity index (χ0n) is 12.4. The Hall–Kier alpha value is -1.31. The molecule has 0 saturated heterocycles. The molecule has 0 unspecified atom stereocenters. The first-order valence-electron chi connectivity index (χ1n) is 6.80. The van der Waals surface area contributed by atoms with Crippen molar-refractivity contribution in [1.82, 2.24) is 4.72 Å². The summed E-state index contributed by atoms with van der Waals surface area (Å²) in [4.78, 5) is 0.199. The number of methoxy groups -OCH3 is 1. The van der Waals surface area contributed by atoms with E-state index in [1.165, 1.54) is 19.2 Å². The van der Waals surface area contributed by atoms with Crippen LogP contribution in [0, 0.1) is 0 Å². The summed E-state index contributed by atoms with van der Waals surface area (Å²) >= 11 is 3.29. The molecule has 7 heteroatoms. The van der Waals surface area contributed by atoms with Gasteiger partial charge in [0.1, 0.15) is 11.5 Å². The number of benzene rings is 1. The van der Waals surface area contributed by atoms with Crippen molar-refractivity contribution in [3.05, 3.63) is 46.8 Å². The molecule has 5 nitrogen and oxygen atoms in total. The molecule has 0 aliphatic heterocycles. The van der Waals surface area contributed by atoms with E-state index in [0.29, 0.717) is 23.1 Å². The third-order valence-corrected chi connectivity index (χ3v) is 5.40. The fraction of sp³-hybridized carbons (Fsp3) is 0.333. The number of nitrogens with one attached hydrogen (secondary N) is 1. The molecule has 2 rings (SSSR count). The Morgan fingerprint density at radius 3 is 2.73 bits per heavy atom. The minimum Gasteiger partial charge on any atom is -0.496 e. The average Bonchev–Trinajstić information content (AvgIpc) is 2.98. The molecule has 0 aliphatic rings. The number of sulfonamides is 1. The number of ether oxygens (including phenoxy) is 1. The zero-order chi connectivity index (χ0) is 16.2. The highest BCUT2D eigenvalue weighted by Gasteiger charge is 2.18. The molecule has 1 aromatic carbocycles. The first kappa shape index (κ1) is 17.1. The molecule has 0 saturated carbocycles. The molecule has 22 heavy (non-hydrogen) atoms. The monoisotopic (exact) mass is 387 g/mol. The van der Waals surface area contributed by atoms with Gasteiger partial charge in [0.05, 0.1) is 22.7 Å². The van der Waals surface area contributed by atoms with E-state index >= 15 is 0 Å². The molecule has 0 radical (unpaired) electrons. The molecule has 2 aromatic rings. The Kier molecular flexibility index (Phi) is 5.66. The summed E-state index contributed by atoms with van der Waals surface area (Å²) in [5, 5.41) is 0. The lowest BCUT2D eigenvalue weighted by molar-refractivity contribution is 0.411. The normalized spacial score (nSPS) is 13.0. The number of hydrogen-bond donors (Lipinski definition) is 1. The van der Waals surface area contributed by atoms with Crippen molar-refractivity contribution in [2.75, 3.05) is 7.11 Å². The minimum atomic E-state index is -3.56. The van der Waals surface area contributed by atoms with Crippen LogP contribution < -0.4 is 9.46 Å². The average molecular weight is 388 g/mol. The van der Waals surface area contributed by atoms with E-state index in [1.54, 1.807) is 12.3 Å². The predicted molar refractivity (Wildman–Crippen MR) is 87.5 cm³/mol. The predicted octanol–water partition coefficient (Wildman–Crippen LogP) is 3.35. The fourth-order valence-electron chi connectivity index (χ4n) is 2.02. The standard InChI is InChI=1S/C15H18BrNO4S/c1-11(5-6-12-4-3-9-21-12)17-22(18,19)13-7-8-15(20-2)14(16)10-13/h3-4,7-11,17H,5-6H2,1-2H3/t11-/m0/s1. The van der Waals surface area contributed by atoms with E-state index in [-0.39, 0.29) is 10.9 Å². The van der Waals surface area contributed by atoms with Crippen LogP contribution in [0.15, 0.2) is 50.4 Å². The molecule has 1 aromatic heterocycles.